The number of aromatic nitrogens is 2. The van der Waals surface area contributed by atoms with E-state index in [0.717, 1.165) is 36.2 Å². The van der Waals surface area contributed by atoms with Crippen molar-refractivity contribution in [3.8, 4) is 11.4 Å². The Hall–Kier alpha value is -3.06. The van der Waals surface area contributed by atoms with Crippen molar-refractivity contribution in [3.63, 3.8) is 0 Å². The molecule has 1 N–H and O–H groups in total. The number of amides is 1. The number of hydrogen-bond donors (Lipinski definition) is 1. The van der Waals surface area contributed by atoms with Crippen molar-refractivity contribution < 1.29 is 13.7 Å². The third-order valence-electron chi connectivity index (χ3n) is 5.49. The van der Waals surface area contributed by atoms with E-state index in [4.69, 9.17) is 4.52 Å². The van der Waals surface area contributed by atoms with Crippen LogP contribution in [0.25, 0.3) is 11.4 Å². The Morgan fingerprint density at radius 1 is 1.23 bits per heavy atom. The lowest BCUT2D eigenvalue weighted by atomic mass is 9.98. The Bertz CT molecular complexity index is 1030. The highest BCUT2D eigenvalue weighted by molar-refractivity contribution is 5.93. The first-order chi connectivity index (χ1) is 14.5. The molecule has 6 nitrogen and oxygen atoms in total. The molecule has 2 aromatic carbocycles. The van der Waals surface area contributed by atoms with E-state index in [-0.39, 0.29) is 17.6 Å². The van der Waals surface area contributed by atoms with Crippen LogP contribution in [0, 0.1) is 19.7 Å². The number of benzene rings is 2. The minimum Gasteiger partial charge on any atom is -0.339 e. The normalized spacial score (nSPS) is 17.1. The van der Waals surface area contributed by atoms with Crippen LogP contribution < -0.4 is 5.32 Å². The average molecular weight is 408 g/mol. The van der Waals surface area contributed by atoms with Gasteiger partial charge in [-0.05, 0) is 56.5 Å². The minimum atomic E-state index is -0.336. The van der Waals surface area contributed by atoms with Crippen LogP contribution >= 0.6 is 0 Å². The van der Waals surface area contributed by atoms with E-state index in [1.807, 2.05) is 32.0 Å². The number of piperidine rings is 1. The van der Waals surface area contributed by atoms with Gasteiger partial charge in [-0.15, -0.1) is 0 Å². The molecule has 3 aromatic rings. The summed E-state index contributed by atoms with van der Waals surface area (Å²) in [6.07, 6.45) is 1.86. The molecule has 4 rings (SSSR count). The van der Waals surface area contributed by atoms with Crippen LogP contribution in [0.5, 0.6) is 0 Å². The molecule has 1 amide bonds. The summed E-state index contributed by atoms with van der Waals surface area (Å²) < 4.78 is 18.9. The molecule has 156 valence electrons. The summed E-state index contributed by atoms with van der Waals surface area (Å²) in [6, 6.07) is 12.1. The number of likely N-dealkylation sites (tertiary alicyclic amines) is 1. The van der Waals surface area contributed by atoms with Gasteiger partial charge in [0.05, 0.1) is 12.5 Å². The van der Waals surface area contributed by atoms with Crippen LogP contribution in [0.4, 0.5) is 10.1 Å². The first kappa shape index (κ1) is 20.2. The molecule has 1 unspecified atom stereocenters. The highest BCUT2D eigenvalue weighted by atomic mass is 19.1. The van der Waals surface area contributed by atoms with Crippen LogP contribution in [-0.4, -0.2) is 40.6 Å². The number of carbonyl (C=O) groups excluding carboxylic acids is 1. The molecule has 1 fully saturated rings. The number of nitrogens with one attached hydrogen (secondary N) is 1. The Kier molecular flexibility index (Phi) is 5.90. The largest absolute Gasteiger partial charge is 0.339 e. The Labute approximate surface area is 175 Å². The monoisotopic (exact) mass is 408 g/mol. The molecule has 0 spiro atoms. The lowest BCUT2D eigenvalue weighted by molar-refractivity contribution is -0.117. The molecule has 7 heteroatoms. The summed E-state index contributed by atoms with van der Waals surface area (Å²) in [6.45, 7) is 5.82. The summed E-state index contributed by atoms with van der Waals surface area (Å²) >= 11 is 0. The third-order valence-corrected chi connectivity index (χ3v) is 5.49. The third kappa shape index (κ3) is 4.57. The second kappa shape index (κ2) is 8.75. The molecule has 1 aliphatic heterocycles. The van der Waals surface area contributed by atoms with Crippen LogP contribution in [0.15, 0.2) is 47.0 Å². The number of carbonyl (C=O) groups is 1. The lowest BCUT2D eigenvalue weighted by Crippen LogP contribution is -2.40. The SMILES string of the molecule is Cc1cccc(C)c1NC(=O)CN1CCCC(c2nc(-c3cccc(F)c3)no2)C1. The minimum absolute atomic E-state index is 0.0287. The van der Waals surface area contributed by atoms with Crippen molar-refractivity contribution in [2.75, 3.05) is 25.0 Å². The maximum Gasteiger partial charge on any atom is 0.238 e. The van der Waals surface area contributed by atoms with Gasteiger partial charge < -0.3 is 9.84 Å². The molecule has 1 saturated heterocycles. The fourth-order valence-electron chi connectivity index (χ4n) is 3.94. The first-order valence-electron chi connectivity index (χ1n) is 10.2. The number of nitrogens with zero attached hydrogens (tertiary/aromatic N) is 3. The van der Waals surface area contributed by atoms with Gasteiger partial charge >= 0.3 is 0 Å². The van der Waals surface area contributed by atoms with Gasteiger partial charge in [-0.1, -0.05) is 35.5 Å². The topological polar surface area (TPSA) is 71.3 Å². The number of anilines is 1. The van der Waals surface area contributed by atoms with Crippen LogP contribution in [0.3, 0.4) is 0 Å². The lowest BCUT2D eigenvalue weighted by Gasteiger charge is -2.30. The van der Waals surface area contributed by atoms with Crippen molar-refractivity contribution in [1.82, 2.24) is 15.0 Å². The second-order valence-electron chi connectivity index (χ2n) is 7.86. The molecule has 0 aliphatic carbocycles. The average Bonchev–Trinajstić information content (AvgIpc) is 3.21. The zero-order valence-corrected chi connectivity index (χ0v) is 17.2. The quantitative estimate of drug-likeness (QED) is 0.681. The van der Waals surface area contributed by atoms with Crippen LogP contribution in [0.1, 0.15) is 35.8 Å². The maximum atomic E-state index is 13.5. The summed E-state index contributed by atoms with van der Waals surface area (Å²) in [5.41, 5.74) is 3.57. The van der Waals surface area contributed by atoms with E-state index in [0.29, 0.717) is 30.4 Å². The number of hydrogen-bond acceptors (Lipinski definition) is 5. The number of rotatable bonds is 5. The van der Waals surface area contributed by atoms with E-state index >= 15 is 0 Å². The molecule has 2 heterocycles. The summed E-state index contributed by atoms with van der Waals surface area (Å²) in [5.74, 6) is 0.613. The van der Waals surface area contributed by atoms with Crippen molar-refractivity contribution in [2.24, 2.45) is 0 Å². The molecule has 1 aromatic heterocycles. The predicted octanol–water partition coefficient (Wildman–Crippen LogP) is 4.31. The number of para-hydroxylation sites is 1. The van der Waals surface area contributed by atoms with Crippen molar-refractivity contribution in [1.29, 1.82) is 0 Å². The highest BCUT2D eigenvalue weighted by Gasteiger charge is 2.27. The van der Waals surface area contributed by atoms with Gasteiger partial charge in [0.1, 0.15) is 5.82 Å². The van der Waals surface area contributed by atoms with E-state index in [2.05, 4.69) is 20.4 Å². The fourth-order valence-corrected chi connectivity index (χ4v) is 3.94. The molecular formula is C23H25FN4O2. The van der Waals surface area contributed by atoms with Crippen LogP contribution in [0.2, 0.25) is 0 Å². The van der Waals surface area contributed by atoms with Crippen molar-refractivity contribution >= 4 is 11.6 Å². The summed E-state index contributed by atoms with van der Waals surface area (Å²) in [5, 5.41) is 7.06. The van der Waals surface area contributed by atoms with E-state index in [1.165, 1.54) is 12.1 Å². The Morgan fingerprint density at radius 2 is 2.00 bits per heavy atom. The zero-order valence-electron chi connectivity index (χ0n) is 17.2. The number of aryl methyl sites for hydroxylation is 2. The van der Waals surface area contributed by atoms with Gasteiger partial charge in [0.2, 0.25) is 17.6 Å². The molecule has 30 heavy (non-hydrogen) atoms. The van der Waals surface area contributed by atoms with E-state index in [1.54, 1.807) is 12.1 Å². The number of halogens is 1. The molecule has 0 radical (unpaired) electrons. The molecule has 0 saturated carbocycles. The molecule has 1 atom stereocenters. The van der Waals surface area contributed by atoms with Gasteiger partial charge in [-0.2, -0.15) is 4.98 Å². The second-order valence-corrected chi connectivity index (χ2v) is 7.86. The predicted molar refractivity (Wildman–Crippen MR) is 113 cm³/mol. The summed E-state index contributed by atoms with van der Waals surface area (Å²) in [7, 11) is 0. The van der Waals surface area contributed by atoms with Gasteiger partial charge in [-0.25, -0.2) is 4.39 Å². The molecular weight excluding hydrogens is 383 g/mol. The van der Waals surface area contributed by atoms with E-state index in [9.17, 15) is 9.18 Å². The van der Waals surface area contributed by atoms with Gasteiger partial charge in [0, 0.05) is 17.8 Å². The van der Waals surface area contributed by atoms with Crippen LogP contribution in [-0.2, 0) is 4.79 Å². The van der Waals surface area contributed by atoms with Gasteiger partial charge in [-0.3, -0.25) is 9.69 Å². The standard InChI is InChI=1S/C23H25FN4O2/c1-15-6-3-7-16(2)21(15)25-20(29)14-28-11-5-9-18(13-28)23-26-22(27-30-23)17-8-4-10-19(24)12-17/h3-4,6-8,10,12,18H,5,9,11,13-14H2,1-2H3,(H,25,29). The Morgan fingerprint density at radius 3 is 2.77 bits per heavy atom. The fraction of sp³-hybridized carbons (Fsp3) is 0.348. The Balaban J connectivity index is 1.39. The van der Waals surface area contributed by atoms with Crippen molar-refractivity contribution in [2.45, 2.75) is 32.6 Å². The van der Waals surface area contributed by atoms with Crippen molar-refractivity contribution in [3.05, 3.63) is 65.3 Å². The summed E-state index contributed by atoms with van der Waals surface area (Å²) in [4.78, 5) is 19.2. The molecule has 0 bridgehead atoms. The maximum absolute atomic E-state index is 13.5. The smallest absolute Gasteiger partial charge is 0.238 e. The highest BCUT2D eigenvalue weighted by Crippen LogP contribution is 2.28. The van der Waals surface area contributed by atoms with Gasteiger partial charge in [0.15, 0.2) is 0 Å². The van der Waals surface area contributed by atoms with Gasteiger partial charge in [0.25, 0.3) is 0 Å². The first-order valence-corrected chi connectivity index (χ1v) is 10.2. The zero-order chi connectivity index (χ0) is 21.1. The molecule has 1 aliphatic rings. The van der Waals surface area contributed by atoms with E-state index < -0.39 is 0 Å².